The Morgan fingerprint density at radius 2 is 1.89 bits per heavy atom. The van der Waals surface area contributed by atoms with Crippen LogP contribution in [0.5, 0.6) is 0 Å². The molecule has 0 N–H and O–H groups in total. The maximum atomic E-state index is 2.51. The van der Waals surface area contributed by atoms with Gasteiger partial charge in [-0.25, -0.2) is 0 Å². The Labute approximate surface area is 73.5 Å². The molecular formula is C7H17SiSn. The van der Waals surface area contributed by atoms with Gasteiger partial charge in [-0.2, -0.15) is 0 Å². The van der Waals surface area contributed by atoms with E-state index in [2.05, 4.69) is 20.0 Å². The first-order chi connectivity index (χ1) is 4.12. The monoisotopic (exact) mass is 249 g/mol. The zero-order valence-corrected chi connectivity index (χ0v) is 10.7. The Morgan fingerprint density at radius 1 is 1.33 bits per heavy atom. The third-order valence-corrected chi connectivity index (χ3v) is 12.5. The van der Waals surface area contributed by atoms with Gasteiger partial charge in [-0.05, 0) is 0 Å². The summed E-state index contributed by atoms with van der Waals surface area (Å²) >= 11 is 1.75. The average Bonchev–Trinajstić information content (AvgIpc) is 1.84. The van der Waals surface area contributed by atoms with E-state index in [1.165, 1.54) is 12.8 Å². The van der Waals surface area contributed by atoms with E-state index in [0.717, 1.165) is 0 Å². The summed E-state index contributed by atoms with van der Waals surface area (Å²) in [6.07, 6.45) is 2.85. The van der Waals surface area contributed by atoms with E-state index in [1.54, 1.807) is 32.6 Å². The molecule has 0 heterocycles. The molecule has 0 saturated carbocycles. The Balaban J connectivity index is 3.33. The molecule has 3 radical (unpaired) electrons. The van der Waals surface area contributed by atoms with E-state index < -0.39 is 8.07 Å². The van der Waals surface area contributed by atoms with Gasteiger partial charge < -0.3 is 0 Å². The van der Waals surface area contributed by atoms with Gasteiger partial charge in [0.25, 0.3) is 0 Å². The van der Waals surface area contributed by atoms with Crippen LogP contribution in [0, 0.1) is 0 Å². The Morgan fingerprint density at radius 3 is 2.22 bits per heavy atom. The van der Waals surface area contributed by atoms with Crippen molar-refractivity contribution < 1.29 is 0 Å². The number of unbranched alkanes of at least 4 members (excludes halogenated alkanes) is 1. The van der Waals surface area contributed by atoms with E-state index in [1.807, 2.05) is 0 Å². The van der Waals surface area contributed by atoms with Crippen molar-refractivity contribution in [1.29, 1.82) is 0 Å². The quantitative estimate of drug-likeness (QED) is 0.671. The van der Waals surface area contributed by atoms with Crippen LogP contribution < -0.4 is 0 Å². The molecule has 0 amide bonds. The molecule has 0 nitrogen and oxygen atoms in total. The molecule has 0 aliphatic rings. The number of hydrogen-bond acceptors (Lipinski definition) is 0. The molecule has 53 valence electrons. The van der Waals surface area contributed by atoms with Crippen molar-refractivity contribution in [2.75, 3.05) is 0 Å². The molecule has 0 atom stereocenters. The van der Waals surface area contributed by atoms with Crippen LogP contribution in [0.1, 0.15) is 19.8 Å². The molecule has 0 aromatic rings. The first kappa shape index (κ1) is 10.0. The first-order valence-electron chi connectivity index (χ1n) is 3.77. The number of hydrogen-bond donors (Lipinski definition) is 0. The molecule has 0 bridgehead atoms. The Hall–Kier alpha value is 1.02. The number of rotatable bonds is 4. The molecule has 0 aromatic heterocycles. The Bertz CT molecular complexity index is 71.3. The van der Waals surface area contributed by atoms with Gasteiger partial charge in [0.05, 0.1) is 0 Å². The van der Waals surface area contributed by atoms with E-state index >= 15 is 0 Å². The third-order valence-electron chi connectivity index (χ3n) is 1.69. The summed E-state index contributed by atoms with van der Waals surface area (Å²) in [5.41, 5.74) is 0. The van der Waals surface area contributed by atoms with Crippen molar-refractivity contribution in [2.45, 2.75) is 43.0 Å². The summed E-state index contributed by atoms with van der Waals surface area (Å²) in [7, 11) is -0.658. The van der Waals surface area contributed by atoms with Crippen LogP contribution in [-0.2, 0) is 0 Å². The van der Waals surface area contributed by atoms with Crippen molar-refractivity contribution in [3.8, 4) is 0 Å². The SMILES string of the molecule is CCCC[Si](C)(C)[CH2][Sn]. The summed E-state index contributed by atoms with van der Waals surface area (Å²) in [6.45, 7) is 7.31. The fourth-order valence-electron chi connectivity index (χ4n) is 0.744. The molecule has 0 aliphatic heterocycles. The van der Waals surface area contributed by atoms with Gasteiger partial charge in [0.15, 0.2) is 0 Å². The van der Waals surface area contributed by atoms with Crippen molar-refractivity contribution in [3.05, 3.63) is 0 Å². The van der Waals surface area contributed by atoms with Crippen molar-refractivity contribution in [1.82, 2.24) is 0 Å². The van der Waals surface area contributed by atoms with Gasteiger partial charge in [-0.1, -0.05) is 0 Å². The van der Waals surface area contributed by atoms with Gasteiger partial charge in [0.1, 0.15) is 0 Å². The fraction of sp³-hybridized carbons (Fsp3) is 1.00. The van der Waals surface area contributed by atoms with Crippen LogP contribution in [0.15, 0.2) is 0 Å². The molecule has 0 fully saturated rings. The predicted molar refractivity (Wildman–Crippen MR) is 47.8 cm³/mol. The van der Waals surface area contributed by atoms with Crippen LogP contribution in [0.3, 0.4) is 0 Å². The zero-order chi connectivity index (χ0) is 7.33. The fourth-order valence-corrected chi connectivity index (χ4v) is 3.74. The van der Waals surface area contributed by atoms with Crippen LogP contribution in [0.2, 0.25) is 23.2 Å². The zero-order valence-electron chi connectivity index (χ0n) is 6.83. The van der Waals surface area contributed by atoms with E-state index in [0.29, 0.717) is 0 Å². The van der Waals surface area contributed by atoms with Gasteiger partial charge in [0.2, 0.25) is 0 Å². The van der Waals surface area contributed by atoms with Crippen LogP contribution in [0.4, 0.5) is 0 Å². The second kappa shape index (κ2) is 4.77. The third kappa shape index (κ3) is 5.46. The van der Waals surface area contributed by atoms with Crippen molar-refractivity contribution >= 4 is 30.6 Å². The summed E-state index contributed by atoms with van der Waals surface area (Å²) in [5, 5.41) is 0. The molecule has 0 aromatic carbocycles. The van der Waals surface area contributed by atoms with Crippen molar-refractivity contribution in [3.63, 3.8) is 0 Å². The summed E-state index contributed by atoms with van der Waals surface area (Å²) in [5.74, 6) is 0. The second-order valence-corrected chi connectivity index (χ2v) is 11.7. The van der Waals surface area contributed by atoms with Gasteiger partial charge in [-0.3, -0.25) is 0 Å². The summed E-state index contributed by atoms with van der Waals surface area (Å²) in [6, 6.07) is 1.55. The first-order valence-corrected chi connectivity index (χ1v) is 9.20. The maximum absolute atomic E-state index is 2.51. The second-order valence-electron chi connectivity index (χ2n) is 3.44. The predicted octanol–water partition coefficient (Wildman–Crippen LogP) is 2.62. The van der Waals surface area contributed by atoms with Crippen molar-refractivity contribution in [2.24, 2.45) is 0 Å². The van der Waals surface area contributed by atoms with Crippen LogP contribution in [0.25, 0.3) is 0 Å². The molecule has 0 aliphatic carbocycles. The normalized spacial score (nSPS) is 12.0. The molecule has 9 heavy (non-hydrogen) atoms. The van der Waals surface area contributed by atoms with Gasteiger partial charge in [-0.15, -0.1) is 0 Å². The average molecular weight is 248 g/mol. The molecular weight excluding hydrogens is 231 g/mol. The van der Waals surface area contributed by atoms with Crippen LogP contribution >= 0.6 is 0 Å². The molecule has 0 unspecified atom stereocenters. The van der Waals surface area contributed by atoms with E-state index in [4.69, 9.17) is 0 Å². The van der Waals surface area contributed by atoms with E-state index in [-0.39, 0.29) is 0 Å². The van der Waals surface area contributed by atoms with E-state index in [9.17, 15) is 0 Å². The molecule has 0 saturated heterocycles. The molecule has 0 spiro atoms. The van der Waals surface area contributed by atoms with Crippen LogP contribution in [-0.4, -0.2) is 30.6 Å². The van der Waals surface area contributed by atoms with Gasteiger partial charge >= 0.3 is 73.6 Å². The minimum atomic E-state index is -0.658. The summed E-state index contributed by atoms with van der Waals surface area (Å²) < 4.78 is 1.54. The van der Waals surface area contributed by atoms with Gasteiger partial charge in [0, 0.05) is 0 Å². The summed E-state index contributed by atoms with van der Waals surface area (Å²) in [4.78, 5) is 0. The Kier molecular flexibility index (Phi) is 5.31. The minimum absolute atomic E-state index is 0.658. The molecule has 2 heteroatoms. The molecule has 0 rings (SSSR count). The topological polar surface area (TPSA) is 0 Å². The standard InChI is InChI=1S/C7H17Si.Sn/c1-5-6-7-8(2,3)4;/h2,5-7H2,1,3-4H3;.